The van der Waals surface area contributed by atoms with Gasteiger partial charge in [-0.25, -0.2) is 4.98 Å². The summed E-state index contributed by atoms with van der Waals surface area (Å²) in [6.45, 7) is 6.77. The van der Waals surface area contributed by atoms with Crippen molar-refractivity contribution in [3.63, 3.8) is 0 Å². The molecule has 0 aliphatic rings. The summed E-state index contributed by atoms with van der Waals surface area (Å²) in [4.78, 5) is 10.7. The van der Waals surface area contributed by atoms with Gasteiger partial charge < -0.3 is 24.7 Å². The first-order valence-electron chi connectivity index (χ1n) is 9.22. The Morgan fingerprint density at radius 3 is 2.39 bits per heavy atom. The number of oxazole rings is 1. The van der Waals surface area contributed by atoms with Gasteiger partial charge in [0.25, 0.3) is 0 Å². The number of benzene rings is 1. The number of aryl methyl sites for hydroxylation is 2. The minimum atomic E-state index is 0. The molecule has 0 aliphatic carbocycles. The zero-order valence-electron chi connectivity index (χ0n) is 17.4. The van der Waals surface area contributed by atoms with Crippen molar-refractivity contribution < 1.29 is 9.15 Å². The van der Waals surface area contributed by atoms with Gasteiger partial charge in [0.15, 0.2) is 5.96 Å². The molecule has 2 N–H and O–H groups in total. The molecule has 0 saturated heterocycles. The normalized spacial score (nSPS) is 11.3. The molecule has 0 amide bonds. The molecule has 156 valence electrons. The summed E-state index contributed by atoms with van der Waals surface area (Å²) >= 11 is 0. The summed E-state index contributed by atoms with van der Waals surface area (Å²) in [6.07, 6.45) is 1.02. The van der Waals surface area contributed by atoms with E-state index in [4.69, 9.17) is 9.15 Å². The third kappa shape index (κ3) is 8.47. The summed E-state index contributed by atoms with van der Waals surface area (Å²) in [6, 6.07) is 8.12. The van der Waals surface area contributed by atoms with Gasteiger partial charge in [0, 0.05) is 20.1 Å². The summed E-state index contributed by atoms with van der Waals surface area (Å²) in [5.74, 6) is 3.10. The van der Waals surface area contributed by atoms with Crippen molar-refractivity contribution >= 4 is 29.9 Å². The van der Waals surface area contributed by atoms with Crippen LogP contribution in [-0.2, 0) is 13.1 Å². The summed E-state index contributed by atoms with van der Waals surface area (Å²) in [5, 5.41) is 6.49. The molecular formula is C20H32IN5O2. The van der Waals surface area contributed by atoms with E-state index in [1.165, 1.54) is 0 Å². The average Bonchev–Trinajstić information content (AvgIpc) is 2.97. The van der Waals surface area contributed by atoms with Gasteiger partial charge in [0.05, 0.1) is 18.8 Å². The van der Waals surface area contributed by atoms with Gasteiger partial charge in [0.1, 0.15) is 11.5 Å². The van der Waals surface area contributed by atoms with Gasteiger partial charge in [-0.3, -0.25) is 4.99 Å². The van der Waals surface area contributed by atoms with Crippen molar-refractivity contribution in [1.29, 1.82) is 0 Å². The minimum absolute atomic E-state index is 0. The Morgan fingerprint density at radius 2 is 1.82 bits per heavy atom. The number of nitrogens with one attached hydrogen (secondary N) is 2. The molecule has 0 unspecified atom stereocenters. The van der Waals surface area contributed by atoms with Crippen molar-refractivity contribution in [2.75, 3.05) is 34.3 Å². The third-order valence-corrected chi connectivity index (χ3v) is 4.11. The number of ether oxygens (including phenoxy) is 1. The van der Waals surface area contributed by atoms with Gasteiger partial charge in [-0.05, 0) is 52.1 Å². The summed E-state index contributed by atoms with van der Waals surface area (Å²) in [7, 11) is 5.88. The van der Waals surface area contributed by atoms with Crippen LogP contribution in [0, 0.1) is 13.8 Å². The van der Waals surface area contributed by atoms with Gasteiger partial charge in [-0.2, -0.15) is 0 Å². The number of halogens is 1. The van der Waals surface area contributed by atoms with Crippen molar-refractivity contribution in [3.05, 3.63) is 47.2 Å². The van der Waals surface area contributed by atoms with E-state index in [0.29, 0.717) is 24.9 Å². The molecule has 28 heavy (non-hydrogen) atoms. The molecular weight excluding hydrogens is 469 g/mol. The number of aromatic nitrogens is 1. The van der Waals surface area contributed by atoms with Crippen LogP contribution in [0.15, 0.2) is 33.7 Å². The maximum absolute atomic E-state index is 5.76. The lowest BCUT2D eigenvalue weighted by Crippen LogP contribution is -2.36. The number of guanidine groups is 1. The standard InChI is InChI=1S/C20H31N5O2.HI/c1-15-16(2)27-19(24-15)14-23-20(21-3)22-13-17-7-9-18(10-8-17)26-12-6-11-25(4)5;/h7-10H,6,11-14H2,1-5H3,(H2,21,22,23);1H. The number of rotatable bonds is 9. The fraction of sp³-hybridized carbons (Fsp3) is 0.500. The first-order chi connectivity index (χ1) is 13.0. The molecule has 0 atom stereocenters. The number of aliphatic imine (C=N–C) groups is 1. The van der Waals surface area contributed by atoms with Crippen LogP contribution >= 0.6 is 24.0 Å². The van der Waals surface area contributed by atoms with Crippen LogP contribution in [0.3, 0.4) is 0 Å². The number of hydrogen-bond donors (Lipinski definition) is 2. The fourth-order valence-electron chi connectivity index (χ4n) is 2.45. The monoisotopic (exact) mass is 501 g/mol. The van der Waals surface area contributed by atoms with Crippen molar-refractivity contribution in [2.45, 2.75) is 33.4 Å². The first kappa shape index (κ1) is 24.2. The van der Waals surface area contributed by atoms with E-state index in [1.807, 2.05) is 26.0 Å². The predicted molar refractivity (Wildman–Crippen MR) is 124 cm³/mol. The van der Waals surface area contributed by atoms with Crippen LogP contribution in [0.4, 0.5) is 0 Å². The molecule has 0 fully saturated rings. The highest BCUT2D eigenvalue weighted by atomic mass is 127. The van der Waals surface area contributed by atoms with E-state index in [9.17, 15) is 0 Å². The van der Waals surface area contributed by atoms with Crippen LogP contribution in [0.5, 0.6) is 5.75 Å². The highest BCUT2D eigenvalue weighted by molar-refractivity contribution is 14.0. The Kier molecular flexibility index (Phi) is 10.9. The lowest BCUT2D eigenvalue weighted by molar-refractivity contribution is 0.281. The van der Waals surface area contributed by atoms with E-state index in [0.717, 1.165) is 42.3 Å². The molecule has 0 spiro atoms. The molecule has 2 aromatic rings. The van der Waals surface area contributed by atoms with Crippen molar-refractivity contribution in [1.82, 2.24) is 20.5 Å². The maximum atomic E-state index is 5.76. The van der Waals surface area contributed by atoms with E-state index in [2.05, 4.69) is 51.7 Å². The zero-order valence-corrected chi connectivity index (χ0v) is 19.7. The highest BCUT2D eigenvalue weighted by Gasteiger charge is 2.06. The van der Waals surface area contributed by atoms with Crippen molar-refractivity contribution in [3.8, 4) is 5.75 Å². The zero-order chi connectivity index (χ0) is 19.6. The highest BCUT2D eigenvalue weighted by Crippen LogP contribution is 2.12. The minimum Gasteiger partial charge on any atom is -0.494 e. The Bertz CT molecular complexity index is 709. The largest absolute Gasteiger partial charge is 0.494 e. The molecule has 0 saturated carbocycles. The lowest BCUT2D eigenvalue weighted by atomic mass is 10.2. The molecule has 0 aliphatic heterocycles. The van der Waals surface area contributed by atoms with Gasteiger partial charge in [0.2, 0.25) is 5.89 Å². The number of hydrogen-bond acceptors (Lipinski definition) is 5. The second-order valence-corrected chi connectivity index (χ2v) is 6.68. The quantitative estimate of drug-likeness (QED) is 0.238. The van der Waals surface area contributed by atoms with Gasteiger partial charge >= 0.3 is 0 Å². The molecule has 1 aromatic heterocycles. The summed E-state index contributed by atoms with van der Waals surface area (Å²) in [5.41, 5.74) is 2.07. The molecule has 0 bridgehead atoms. The van der Waals surface area contributed by atoms with E-state index >= 15 is 0 Å². The average molecular weight is 501 g/mol. The van der Waals surface area contributed by atoms with E-state index < -0.39 is 0 Å². The van der Waals surface area contributed by atoms with Crippen LogP contribution in [-0.4, -0.2) is 50.1 Å². The third-order valence-electron chi connectivity index (χ3n) is 4.11. The van der Waals surface area contributed by atoms with Crippen LogP contribution in [0.25, 0.3) is 0 Å². The molecule has 1 aromatic carbocycles. The molecule has 1 heterocycles. The maximum Gasteiger partial charge on any atom is 0.214 e. The van der Waals surface area contributed by atoms with Crippen LogP contribution < -0.4 is 15.4 Å². The Labute approximate surface area is 185 Å². The Hall–Kier alpha value is -1.81. The molecule has 0 radical (unpaired) electrons. The van der Waals surface area contributed by atoms with Gasteiger partial charge in [-0.1, -0.05) is 12.1 Å². The van der Waals surface area contributed by atoms with E-state index in [-0.39, 0.29) is 24.0 Å². The van der Waals surface area contributed by atoms with Crippen LogP contribution in [0.2, 0.25) is 0 Å². The van der Waals surface area contributed by atoms with Crippen LogP contribution in [0.1, 0.15) is 29.3 Å². The second-order valence-electron chi connectivity index (χ2n) is 6.68. The SMILES string of the molecule is CN=C(NCc1ccc(OCCCN(C)C)cc1)NCc1nc(C)c(C)o1.I. The smallest absolute Gasteiger partial charge is 0.214 e. The fourth-order valence-corrected chi connectivity index (χ4v) is 2.45. The molecule has 7 nitrogen and oxygen atoms in total. The molecule has 8 heteroatoms. The summed E-state index contributed by atoms with van der Waals surface area (Å²) < 4.78 is 11.3. The first-order valence-corrected chi connectivity index (χ1v) is 9.22. The Balaban J connectivity index is 0.00000392. The van der Waals surface area contributed by atoms with Gasteiger partial charge in [-0.15, -0.1) is 24.0 Å². The van der Waals surface area contributed by atoms with Crippen molar-refractivity contribution in [2.24, 2.45) is 4.99 Å². The predicted octanol–water partition coefficient (Wildman–Crippen LogP) is 3.11. The number of nitrogens with zero attached hydrogens (tertiary/aromatic N) is 3. The Morgan fingerprint density at radius 1 is 1.14 bits per heavy atom. The van der Waals surface area contributed by atoms with E-state index in [1.54, 1.807) is 7.05 Å². The topological polar surface area (TPSA) is 74.9 Å². The lowest BCUT2D eigenvalue weighted by Gasteiger charge is -2.12. The second kappa shape index (κ2) is 12.6. The molecule has 2 rings (SSSR count).